The van der Waals surface area contributed by atoms with Crippen molar-refractivity contribution in [1.29, 1.82) is 0 Å². The molecule has 0 spiro atoms. The molecule has 134 valence electrons. The van der Waals surface area contributed by atoms with Crippen LogP contribution in [0.1, 0.15) is 16.5 Å². The van der Waals surface area contributed by atoms with Gasteiger partial charge in [-0.2, -0.15) is 0 Å². The van der Waals surface area contributed by atoms with Gasteiger partial charge in [0.05, 0.1) is 6.04 Å². The number of nitrogens with one attached hydrogen (secondary N) is 1. The Morgan fingerprint density at radius 1 is 0.750 bits per heavy atom. The largest absolute Gasteiger partial charge is 0.378 e. The summed E-state index contributed by atoms with van der Waals surface area (Å²) in [5.41, 5.74) is 5.39. The number of anilines is 1. The van der Waals surface area contributed by atoms with Crippen LogP contribution < -0.4 is 5.32 Å². The fraction of sp³-hybridized carbons (Fsp3) is 0.0769. The second-order valence-electron chi connectivity index (χ2n) is 7.45. The lowest BCUT2D eigenvalue weighted by molar-refractivity contribution is 0.777. The van der Waals surface area contributed by atoms with Crippen LogP contribution in [0.15, 0.2) is 91.0 Å². The summed E-state index contributed by atoms with van der Waals surface area (Å²) in [6, 6.07) is 33.2. The average molecular weight is 378 g/mol. The summed E-state index contributed by atoms with van der Waals surface area (Å²) in [5.74, 6) is 0. The smallest absolute Gasteiger partial charge is 0.0568 e. The highest BCUT2D eigenvalue weighted by Crippen LogP contribution is 2.47. The van der Waals surface area contributed by atoms with E-state index in [1.54, 1.807) is 0 Å². The molecular formula is C26H19NS. The van der Waals surface area contributed by atoms with Crippen LogP contribution in [-0.2, 0) is 6.42 Å². The number of thiophene rings is 1. The Kier molecular flexibility index (Phi) is 3.53. The van der Waals surface area contributed by atoms with E-state index in [9.17, 15) is 0 Å². The maximum Gasteiger partial charge on any atom is 0.0568 e. The van der Waals surface area contributed by atoms with Crippen molar-refractivity contribution in [3.05, 3.63) is 101 Å². The molecule has 0 amide bonds. The van der Waals surface area contributed by atoms with Crippen LogP contribution in [0.25, 0.3) is 32.0 Å². The summed E-state index contributed by atoms with van der Waals surface area (Å²) < 4.78 is 1.38. The molecule has 1 heterocycles. The molecular weight excluding hydrogens is 358 g/mol. The quantitative estimate of drug-likeness (QED) is 0.337. The molecule has 0 aliphatic heterocycles. The Morgan fingerprint density at radius 3 is 2.50 bits per heavy atom. The van der Waals surface area contributed by atoms with Gasteiger partial charge in [0.25, 0.3) is 0 Å². The van der Waals surface area contributed by atoms with Gasteiger partial charge in [0.1, 0.15) is 0 Å². The van der Waals surface area contributed by atoms with Gasteiger partial charge in [-0.1, -0.05) is 72.8 Å². The van der Waals surface area contributed by atoms with Crippen LogP contribution in [-0.4, -0.2) is 0 Å². The molecule has 5 aromatic rings. The van der Waals surface area contributed by atoms with E-state index in [1.807, 2.05) is 11.3 Å². The first kappa shape index (κ1) is 15.9. The van der Waals surface area contributed by atoms with Crippen LogP contribution in [0.5, 0.6) is 0 Å². The van der Waals surface area contributed by atoms with Gasteiger partial charge in [-0.3, -0.25) is 0 Å². The molecule has 1 N–H and O–H groups in total. The highest BCUT2D eigenvalue weighted by molar-refractivity contribution is 7.19. The molecule has 1 aliphatic rings. The second-order valence-corrected chi connectivity index (χ2v) is 8.58. The third kappa shape index (κ3) is 2.45. The minimum Gasteiger partial charge on any atom is -0.378 e. The molecule has 0 saturated heterocycles. The number of benzene rings is 4. The van der Waals surface area contributed by atoms with E-state index in [1.165, 1.54) is 48.1 Å². The Hall–Kier alpha value is -3.10. The molecule has 1 nitrogen and oxygen atoms in total. The van der Waals surface area contributed by atoms with Crippen LogP contribution in [0.2, 0.25) is 0 Å². The van der Waals surface area contributed by atoms with Crippen molar-refractivity contribution < 1.29 is 0 Å². The summed E-state index contributed by atoms with van der Waals surface area (Å²) in [7, 11) is 0. The summed E-state index contributed by atoms with van der Waals surface area (Å²) in [4.78, 5) is 1.48. The van der Waals surface area contributed by atoms with Crippen molar-refractivity contribution >= 4 is 37.9 Å². The lowest BCUT2D eigenvalue weighted by Gasteiger charge is -2.28. The first-order chi connectivity index (χ1) is 13.9. The molecule has 0 fully saturated rings. The van der Waals surface area contributed by atoms with E-state index >= 15 is 0 Å². The van der Waals surface area contributed by atoms with Crippen LogP contribution >= 0.6 is 11.3 Å². The molecule has 4 aromatic carbocycles. The zero-order valence-electron chi connectivity index (χ0n) is 15.4. The monoisotopic (exact) mass is 377 g/mol. The molecule has 2 heteroatoms. The summed E-state index contributed by atoms with van der Waals surface area (Å²) in [6.45, 7) is 0. The molecule has 0 radical (unpaired) electrons. The van der Waals surface area contributed by atoms with Crippen molar-refractivity contribution in [3.8, 4) is 11.1 Å². The highest BCUT2D eigenvalue weighted by Gasteiger charge is 2.27. The van der Waals surface area contributed by atoms with Crippen molar-refractivity contribution in [3.63, 3.8) is 0 Å². The first-order valence-electron chi connectivity index (χ1n) is 9.72. The Bertz CT molecular complexity index is 1330. The third-order valence-corrected chi connectivity index (χ3v) is 6.95. The molecule has 6 rings (SSSR count). The van der Waals surface area contributed by atoms with Gasteiger partial charge >= 0.3 is 0 Å². The maximum atomic E-state index is 3.82. The fourth-order valence-corrected chi connectivity index (χ4v) is 5.73. The minimum absolute atomic E-state index is 0.290. The van der Waals surface area contributed by atoms with Crippen LogP contribution in [0, 0.1) is 0 Å². The zero-order valence-corrected chi connectivity index (χ0v) is 16.2. The standard InChI is InChI=1S/C26H19NS/c1-2-8-18-15-19(14-13-17(18)7-1)27-23-16-25-26(21-10-4-3-9-20(21)23)22-11-5-6-12-24(22)28-25/h1-15,23,27H,16H2. The number of hydrogen-bond donors (Lipinski definition) is 1. The lowest BCUT2D eigenvalue weighted by atomic mass is 9.85. The van der Waals surface area contributed by atoms with Gasteiger partial charge in [-0.05, 0) is 40.1 Å². The van der Waals surface area contributed by atoms with Gasteiger partial charge in [0.15, 0.2) is 0 Å². The molecule has 1 unspecified atom stereocenters. The van der Waals surface area contributed by atoms with E-state index in [0.717, 1.165) is 6.42 Å². The van der Waals surface area contributed by atoms with Crippen LogP contribution in [0.4, 0.5) is 5.69 Å². The fourth-order valence-electron chi connectivity index (χ4n) is 4.47. The van der Waals surface area contributed by atoms with Crippen molar-refractivity contribution in [2.45, 2.75) is 12.5 Å². The predicted molar refractivity (Wildman–Crippen MR) is 121 cm³/mol. The van der Waals surface area contributed by atoms with Gasteiger partial charge in [0, 0.05) is 32.6 Å². The zero-order chi connectivity index (χ0) is 18.5. The average Bonchev–Trinajstić information content (AvgIpc) is 3.12. The van der Waals surface area contributed by atoms with Gasteiger partial charge in [0.2, 0.25) is 0 Å². The SMILES string of the molecule is c1ccc2c(c1)-c1c(sc3ccccc13)CC2Nc1ccc2ccccc2c1. The molecule has 0 saturated carbocycles. The summed E-state index contributed by atoms with van der Waals surface area (Å²) in [6.07, 6.45) is 1.03. The Morgan fingerprint density at radius 2 is 1.54 bits per heavy atom. The highest BCUT2D eigenvalue weighted by atomic mass is 32.1. The topological polar surface area (TPSA) is 12.0 Å². The molecule has 28 heavy (non-hydrogen) atoms. The van der Waals surface area contributed by atoms with Gasteiger partial charge < -0.3 is 5.32 Å². The van der Waals surface area contributed by atoms with Crippen molar-refractivity contribution in [1.82, 2.24) is 0 Å². The third-order valence-electron chi connectivity index (χ3n) is 5.75. The van der Waals surface area contributed by atoms with Gasteiger partial charge in [-0.15, -0.1) is 11.3 Å². The number of rotatable bonds is 2. The molecule has 0 bridgehead atoms. The second kappa shape index (κ2) is 6.22. The van der Waals surface area contributed by atoms with Crippen molar-refractivity contribution in [2.24, 2.45) is 0 Å². The molecule has 1 atom stereocenters. The molecule has 1 aromatic heterocycles. The summed E-state index contributed by atoms with van der Waals surface area (Å²) >= 11 is 1.94. The van der Waals surface area contributed by atoms with E-state index in [-0.39, 0.29) is 6.04 Å². The van der Waals surface area contributed by atoms with Crippen molar-refractivity contribution in [2.75, 3.05) is 5.32 Å². The predicted octanol–water partition coefficient (Wildman–Crippen LogP) is 7.43. The van der Waals surface area contributed by atoms with E-state index in [2.05, 4.69) is 96.3 Å². The lowest BCUT2D eigenvalue weighted by Crippen LogP contribution is -2.17. The van der Waals surface area contributed by atoms with Crippen LogP contribution in [0.3, 0.4) is 0 Å². The van der Waals surface area contributed by atoms with E-state index in [0.29, 0.717) is 0 Å². The normalized spacial score (nSPS) is 15.4. The minimum atomic E-state index is 0.290. The molecule has 1 aliphatic carbocycles. The Balaban J connectivity index is 1.46. The van der Waals surface area contributed by atoms with E-state index < -0.39 is 0 Å². The maximum absolute atomic E-state index is 3.82. The summed E-state index contributed by atoms with van der Waals surface area (Å²) in [5, 5.41) is 7.77. The first-order valence-corrected chi connectivity index (χ1v) is 10.5. The number of fused-ring (bicyclic) bond motifs is 6. The van der Waals surface area contributed by atoms with E-state index in [4.69, 9.17) is 0 Å². The number of hydrogen-bond acceptors (Lipinski definition) is 2. The van der Waals surface area contributed by atoms with Gasteiger partial charge in [-0.25, -0.2) is 0 Å². The Labute approximate surface area is 168 Å².